The second kappa shape index (κ2) is 4.65. The predicted molar refractivity (Wildman–Crippen MR) is 53.0 cm³/mol. The Hall–Kier alpha value is -1.51. The van der Waals surface area contributed by atoms with Gasteiger partial charge in [0, 0.05) is 0 Å². The zero-order chi connectivity index (χ0) is 10.6. The van der Waals surface area contributed by atoms with Crippen LogP contribution in [-0.4, -0.2) is 18.2 Å². The maximum atomic E-state index is 11.1. The maximum absolute atomic E-state index is 11.1. The normalized spacial score (nSPS) is 12.1. The number of rotatable bonds is 3. The molecule has 76 valence electrons. The van der Waals surface area contributed by atoms with Gasteiger partial charge in [-0.25, -0.2) is 0 Å². The molecular weight excluding hydrogens is 180 g/mol. The third-order valence-corrected chi connectivity index (χ3v) is 2.06. The molecule has 0 amide bonds. The lowest BCUT2D eigenvalue weighted by Crippen LogP contribution is -2.14. The molecule has 0 saturated heterocycles. The van der Waals surface area contributed by atoms with Crippen molar-refractivity contribution in [2.45, 2.75) is 13.3 Å². The molecular formula is C11H14O3. The summed E-state index contributed by atoms with van der Waals surface area (Å²) >= 11 is 0. The Morgan fingerprint density at radius 2 is 2.29 bits per heavy atom. The van der Waals surface area contributed by atoms with Crippen LogP contribution in [0.25, 0.3) is 0 Å². The summed E-state index contributed by atoms with van der Waals surface area (Å²) in [5.41, 5.74) is 0.933. The number of phenolic OH excluding ortho intramolecular Hbond substituents is 1. The van der Waals surface area contributed by atoms with Crippen LogP contribution in [0.3, 0.4) is 0 Å². The molecule has 1 aromatic carbocycles. The van der Waals surface area contributed by atoms with E-state index in [4.69, 9.17) is 0 Å². The first-order valence-corrected chi connectivity index (χ1v) is 4.49. The number of hydrogen-bond acceptors (Lipinski definition) is 3. The molecule has 1 rings (SSSR count). The van der Waals surface area contributed by atoms with Crippen molar-refractivity contribution in [2.75, 3.05) is 7.11 Å². The van der Waals surface area contributed by atoms with Crippen molar-refractivity contribution >= 4 is 5.97 Å². The molecule has 0 radical (unpaired) electrons. The Kier molecular flexibility index (Phi) is 3.51. The summed E-state index contributed by atoms with van der Waals surface area (Å²) < 4.78 is 4.61. The highest BCUT2D eigenvalue weighted by atomic mass is 16.5. The summed E-state index contributed by atoms with van der Waals surface area (Å²) in [7, 11) is 1.38. The molecule has 14 heavy (non-hydrogen) atoms. The number of ether oxygens (including phenoxy) is 1. The fraction of sp³-hybridized carbons (Fsp3) is 0.364. The highest BCUT2D eigenvalue weighted by Gasteiger charge is 2.13. The first kappa shape index (κ1) is 10.6. The van der Waals surface area contributed by atoms with Gasteiger partial charge in [-0.2, -0.15) is 0 Å². The smallest absolute Gasteiger partial charge is 0.308 e. The Morgan fingerprint density at radius 3 is 2.86 bits per heavy atom. The van der Waals surface area contributed by atoms with Crippen LogP contribution in [0, 0.1) is 5.92 Å². The third kappa shape index (κ3) is 2.76. The van der Waals surface area contributed by atoms with Gasteiger partial charge in [0.15, 0.2) is 0 Å². The lowest BCUT2D eigenvalue weighted by Gasteiger charge is -2.08. The number of carbonyl (C=O) groups is 1. The monoisotopic (exact) mass is 194 g/mol. The van der Waals surface area contributed by atoms with E-state index in [1.807, 2.05) is 6.07 Å². The Labute approximate surface area is 83.3 Å². The fourth-order valence-corrected chi connectivity index (χ4v) is 1.32. The molecule has 1 N–H and O–H groups in total. The third-order valence-electron chi connectivity index (χ3n) is 2.06. The number of phenols is 1. The largest absolute Gasteiger partial charge is 0.508 e. The lowest BCUT2D eigenvalue weighted by atomic mass is 10.0. The van der Waals surface area contributed by atoms with E-state index >= 15 is 0 Å². The molecule has 1 aromatic rings. The molecule has 0 aliphatic heterocycles. The number of esters is 1. The van der Waals surface area contributed by atoms with Crippen molar-refractivity contribution in [3.05, 3.63) is 29.8 Å². The highest BCUT2D eigenvalue weighted by molar-refractivity contribution is 5.72. The molecule has 0 spiro atoms. The van der Waals surface area contributed by atoms with Gasteiger partial charge in [-0.05, 0) is 24.1 Å². The molecule has 0 heterocycles. The van der Waals surface area contributed by atoms with Crippen LogP contribution in [0.15, 0.2) is 24.3 Å². The van der Waals surface area contributed by atoms with E-state index in [9.17, 15) is 9.90 Å². The number of carbonyl (C=O) groups excluding carboxylic acids is 1. The van der Waals surface area contributed by atoms with Crippen molar-refractivity contribution in [1.29, 1.82) is 0 Å². The second-order valence-corrected chi connectivity index (χ2v) is 3.30. The van der Waals surface area contributed by atoms with E-state index in [-0.39, 0.29) is 17.6 Å². The summed E-state index contributed by atoms with van der Waals surface area (Å²) in [5, 5.41) is 9.21. The van der Waals surface area contributed by atoms with Crippen molar-refractivity contribution in [1.82, 2.24) is 0 Å². The van der Waals surface area contributed by atoms with Gasteiger partial charge in [-0.3, -0.25) is 4.79 Å². The number of benzene rings is 1. The van der Waals surface area contributed by atoms with E-state index in [1.165, 1.54) is 7.11 Å². The molecule has 3 heteroatoms. The minimum atomic E-state index is -0.228. The van der Waals surface area contributed by atoms with E-state index in [0.717, 1.165) is 5.56 Å². The summed E-state index contributed by atoms with van der Waals surface area (Å²) in [5.74, 6) is -0.185. The van der Waals surface area contributed by atoms with Crippen LogP contribution in [0.5, 0.6) is 5.75 Å². The standard InChI is InChI=1S/C11H14O3/c1-8(11(13)14-2)6-9-4-3-5-10(12)7-9/h3-5,7-8,12H,6H2,1-2H3/t8-/m1/s1. The molecule has 0 saturated carbocycles. The van der Waals surface area contributed by atoms with E-state index < -0.39 is 0 Å². The molecule has 0 unspecified atom stereocenters. The van der Waals surface area contributed by atoms with Crippen LogP contribution >= 0.6 is 0 Å². The zero-order valence-corrected chi connectivity index (χ0v) is 8.36. The Morgan fingerprint density at radius 1 is 1.57 bits per heavy atom. The van der Waals surface area contributed by atoms with Gasteiger partial charge in [0.25, 0.3) is 0 Å². The van der Waals surface area contributed by atoms with Crippen LogP contribution in [0.4, 0.5) is 0 Å². The number of methoxy groups -OCH3 is 1. The maximum Gasteiger partial charge on any atom is 0.308 e. The minimum Gasteiger partial charge on any atom is -0.508 e. The van der Waals surface area contributed by atoms with Gasteiger partial charge in [-0.15, -0.1) is 0 Å². The van der Waals surface area contributed by atoms with Crippen LogP contribution < -0.4 is 0 Å². The minimum absolute atomic E-state index is 0.179. The average molecular weight is 194 g/mol. The van der Waals surface area contributed by atoms with E-state index in [1.54, 1.807) is 25.1 Å². The van der Waals surface area contributed by atoms with Gasteiger partial charge in [0.1, 0.15) is 5.75 Å². The fourth-order valence-electron chi connectivity index (χ4n) is 1.32. The summed E-state index contributed by atoms with van der Waals surface area (Å²) in [4.78, 5) is 11.1. The van der Waals surface area contributed by atoms with Crippen LogP contribution in [-0.2, 0) is 16.0 Å². The van der Waals surface area contributed by atoms with Crippen LogP contribution in [0.1, 0.15) is 12.5 Å². The van der Waals surface area contributed by atoms with Crippen LogP contribution in [0.2, 0.25) is 0 Å². The van der Waals surface area contributed by atoms with Crippen molar-refractivity contribution in [2.24, 2.45) is 5.92 Å². The summed E-state index contributed by atoms with van der Waals surface area (Å²) in [6, 6.07) is 6.89. The van der Waals surface area contributed by atoms with Crippen molar-refractivity contribution in [3.8, 4) is 5.75 Å². The van der Waals surface area contributed by atoms with Gasteiger partial charge in [-0.1, -0.05) is 19.1 Å². The van der Waals surface area contributed by atoms with Gasteiger partial charge in [0.05, 0.1) is 13.0 Å². The second-order valence-electron chi connectivity index (χ2n) is 3.30. The van der Waals surface area contributed by atoms with Crippen molar-refractivity contribution < 1.29 is 14.6 Å². The molecule has 0 aliphatic rings. The molecule has 0 fully saturated rings. The van der Waals surface area contributed by atoms with Gasteiger partial charge >= 0.3 is 5.97 Å². The predicted octanol–water partition coefficient (Wildman–Crippen LogP) is 1.74. The lowest BCUT2D eigenvalue weighted by molar-refractivity contribution is -0.144. The first-order chi connectivity index (χ1) is 6.63. The summed E-state index contributed by atoms with van der Waals surface area (Å²) in [6.07, 6.45) is 0.584. The van der Waals surface area contributed by atoms with E-state index in [0.29, 0.717) is 6.42 Å². The quantitative estimate of drug-likeness (QED) is 0.745. The topological polar surface area (TPSA) is 46.5 Å². The Balaban J connectivity index is 2.64. The van der Waals surface area contributed by atoms with Crippen molar-refractivity contribution in [3.63, 3.8) is 0 Å². The number of hydrogen-bond donors (Lipinski definition) is 1. The average Bonchev–Trinajstić information content (AvgIpc) is 2.16. The molecule has 3 nitrogen and oxygen atoms in total. The highest BCUT2D eigenvalue weighted by Crippen LogP contribution is 2.15. The molecule has 0 aliphatic carbocycles. The van der Waals surface area contributed by atoms with Gasteiger partial charge < -0.3 is 9.84 Å². The number of aromatic hydroxyl groups is 1. The summed E-state index contributed by atoms with van der Waals surface area (Å²) in [6.45, 7) is 1.80. The molecule has 1 atom stereocenters. The first-order valence-electron chi connectivity index (χ1n) is 4.49. The molecule has 0 aromatic heterocycles. The zero-order valence-electron chi connectivity index (χ0n) is 8.36. The van der Waals surface area contributed by atoms with Gasteiger partial charge in [0.2, 0.25) is 0 Å². The Bertz CT molecular complexity index is 320. The molecule has 0 bridgehead atoms. The SMILES string of the molecule is COC(=O)[C@H](C)Cc1cccc(O)c1. The van der Waals surface area contributed by atoms with E-state index in [2.05, 4.69) is 4.74 Å².